The number of rotatable bonds is 2. The normalized spacial score (nSPS) is 10.6. The van der Waals surface area contributed by atoms with Gasteiger partial charge in [0.15, 0.2) is 0 Å². The first-order valence-corrected chi connectivity index (χ1v) is 4.78. The van der Waals surface area contributed by atoms with Crippen LogP contribution in [0, 0.1) is 13.8 Å². The lowest BCUT2D eigenvalue weighted by Crippen LogP contribution is -2.07. The van der Waals surface area contributed by atoms with Crippen LogP contribution in [0.3, 0.4) is 0 Å². The minimum absolute atomic E-state index is 0.251. The van der Waals surface area contributed by atoms with Crippen LogP contribution in [0.1, 0.15) is 46.8 Å². The molecule has 1 aromatic carbocycles. The Morgan fingerprint density at radius 1 is 1.29 bits per heavy atom. The van der Waals surface area contributed by atoms with Crippen molar-refractivity contribution in [3.05, 3.63) is 34.4 Å². The molecule has 0 amide bonds. The van der Waals surface area contributed by atoms with Crippen molar-refractivity contribution < 1.29 is 9.90 Å². The monoisotopic (exact) mass is 192 g/mol. The molecule has 0 saturated heterocycles. The molecule has 1 N–H and O–H groups in total. The highest BCUT2D eigenvalue weighted by atomic mass is 16.4. The van der Waals surface area contributed by atoms with Gasteiger partial charge in [-0.3, -0.25) is 0 Å². The second-order valence-corrected chi connectivity index (χ2v) is 3.93. The van der Waals surface area contributed by atoms with Crippen molar-refractivity contribution in [1.29, 1.82) is 0 Å². The van der Waals surface area contributed by atoms with Gasteiger partial charge >= 0.3 is 5.97 Å². The van der Waals surface area contributed by atoms with E-state index >= 15 is 0 Å². The first-order valence-electron chi connectivity index (χ1n) is 4.78. The molecule has 2 nitrogen and oxygen atoms in total. The molecule has 0 atom stereocenters. The second kappa shape index (κ2) is 3.82. The molecule has 0 aliphatic rings. The molecule has 0 unspecified atom stereocenters. The highest BCUT2D eigenvalue weighted by molar-refractivity contribution is 5.90. The molecule has 0 saturated carbocycles. The Kier molecular flexibility index (Phi) is 2.94. The molecule has 1 rings (SSSR count). The van der Waals surface area contributed by atoms with Crippen LogP contribution in [0.25, 0.3) is 0 Å². The molecule has 0 heterocycles. The average Bonchev–Trinajstić information content (AvgIpc) is 2.08. The summed E-state index contributed by atoms with van der Waals surface area (Å²) >= 11 is 0. The standard InChI is InChI=1S/C12H16O2/c1-7(2)11-9(4)8(3)5-6-10(11)12(13)14/h5-7H,1-4H3,(H,13,14). The van der Waals surface area contributed by atoms with E-state index in [0.29, 0.717) is 5.56 Å². The number of aryl methyl sites for hydroxylation is 1. The molecule has 76 valence electrons. The van der Waals surface area contributed by atoms with Gasteiger partial charge in [-0.15, -0.1) is 0 Å². The summed E-state index contributed by atoms with van der Waals surface area (Å²) in [6.45, 7) is 8.03. The smallest absolute Gasteiger partial charge is 0.335 e. The van der Waals surface area contributed by atoms with E-state index in [0.717, 1.165) is 16.7 Å². The molecule has 0 aromatic heterocycles. The second-order valence-electron chi connectivity index (χ2n) is 3.93. The van der Waals surface area contributed by atoms with Crippen LogP contribution in [0.2, 0.25) is 0 Å². The summed E-state index contributed by atoms with van der Waals surface area (Å²) in [5.74, 6) is -0.585. The van der Waals surface area contributed by atoms with E-state index in [1.807, 2.05) is 33.8 Å². The SMILES string of the molecule is Cc1ccc(C(=O)O)c(C(C)C)c1C. The molecule has 0 fully saturated rings. The minimum Gasteiger partial charge on any atom is -0.478 e. The van der Waals surface area contributed by atoms with Crippen molar-refractivity contribution >= 4 is 5.97 Å². The highest BCUT2D eigenvalue weighted by Crippen LogP contribution is 2.25. The van der Waals surface area contributed by atoms with E-state index in [9.17, 15) is 4.79 Å². The number of carbonyl (C=O) groups is 1. The summed E-state index contributed by atoms with van der Waals surface area (Å²) in [6.07, 6.45) is 0. The summed E-state index contributed by atoms with van der Waals surface area (Å²) < 4.78 is 0. The van der Waals surface area contributed by atoms with E-state index in [1.165, 1.54) is 0 Å². The summed E-state index contributed by atoms with van der Waals surface area (Å²) in [5, 5.41) is 9.03. The Labute approximate surface area is 84.6 Å². The van der Waals surface area contributed by atoms with Crippen LogP contribution < -0.4 is 0 Å². The van der Waals surface area contributed by atoms with Crippen molar-refractivity contribution in [2.45, 2.75) is 33.6 Å². The van der Waals surface area contributed by atoms with Gasteiger partial charge in [0.1, 0.15) is 0 Å². The fraction of sp³-hybridized carbons (Fsp3) is 0.417. The van der Waals surface area contributed by atoms with Crippen LogP contribution in [0.4, 0.5) is 0 Å². The van der Waals surface area contributed by atoms with E-state index in [-0.39, 0.29) is 5.92 Å². The fourth-order valence-corrected chi connectivity index (χ4v) is 1.77. The third-order valence-electron chi connectivity index (χ3n) is 2.59. The Morgan fingerprint density at radius 3 is 2.29 bits per heavy atom. The largest absolute Gasteiger partial charge is 0.478 e. The van der Waals surface area contributed by atoms with Gasteiger partial charge in [0, 0.05) is 0 Å². The number of aromatic carboxylic acids is 1. The zero-order valence-corrected chi connectivity index (χ0v) is 9.09. The molecular weight excluding hydrogens is 176 g/mol. The van der Waals surface area contributed by atoms with Gasteiger partial charge in [-0.1, -0.05) is 19.9 Å². The molecule has 0 bridgehead atoms. The Hall–Kier alpha value is -1.31. The Bertz CT molecular complexity index is 365. The van der Waals surface area contributed by atoms with Crippen molar-refractivity contribution in [2.75, 3.05) is 0 Å². The Morgan fingerprint density at radius 2 is 1.86 bits per heavy atom. The summed E-state index contributed by atoms with van der Waals surface area (Å²) in [5.41, 5.74) is 3.64. The van der Waals surface area contributed by atoms with E-state index < -0.39 is 5.97 Å². The predicted octanol–water partition coefficient (Wildman–Crippen LogP) is 3.13. The molecular formula is C12H16O2. The van der Waals surface area contributed by atoms with Crippen LogP contribution >= 0.6 is 0 Å². The maximum atomic E-state index is 11.0. The number of hydrogen-bond donors (Lipinski definition) is 1. The van der Waals surface area contributed by atoms with Crippen molar-refractivity contribution in [1.82, 2.24) is 0 Å². The van der Waals surface area contributed by atoms with E-state index in [1.54, 1.807) is 6.07 Å². The highest BCUT2D eigenvalue weighted by Gasteiger charge is 2.15. The van der Waals surface area contributed by atoms with Crippen molar-refractivity contribution in [3.63, 3.8) is 0 Å². The average molecular weight is 192 g/mol. The van der Waals surface area contributed by atoms with Crippen LogP contribution in [-0.4, -0.2) is 11.1 Å². The van der Waals surface area contributed by atoms with E-state index in [2.05, 4.69) is 0 Å². The van der Waals surface area contributed by atoms with Gasteiger partial charge in [-0.25, -0.2) is 4.79 Å². The molecule has 0 radical (unpaired) electrons. The summed E-state index contributed by atoms with van der Waals surface area (Å²) in [6, 6.07) is 3.56. The van der Waals surface area contributed by atoms with Crippen molar-refractivity contribution in [3.8, 4) is 0 Å². The zero-order chi connectivity index (χ0) is 10.9. The lowest BCUT2D eigenvalue weighted by molar-refractivity contribution is 0.0695. The van der Waals surface area contributed by atoms with Gasteiger partial charge in [0.25, 0.3) is 0 Å². The lowest BCUT2D eigenvalue weighted by Gasteiger charge is -2.15. The lowest BCUT2D eigenvalue weighted by atomic mass is 9.90. The molecule has 0 spiro atoms. The topological polar surface area (TPSA) is 37.3 Å². The van der Waals surface area contributed by atoms with Crippen LogP contribution in [0.5, 0.6) is 0 Å². The van der Waals surface area contributed by atoms with Gasteiger partial charge < -0.3 is 5.11 Å². The first kappa shape index (κ1) is 10.8. The maximum Gasteiger partial charge on any atom is 0.335 e. The van der Waals surface area contributed by atoms with Gasteiger partial charge in [-0.2, -0.15) is 0 Å². The molecule has 0 aliphatic heterocycles. The summed E-state index contributed by atoms with van der Waals surface area (Å²) in [7, 11) is 0. The molecule has 1 aromatic rings. The van der Waals surface area contributed by atoms with Crippen molar-refractivity contribution in [2.24, 2.45) is 0 Å². The quantitative estimate of drug-likeness (QED) is 0.781. The van der Waals surface area contributed by atoms with Gasteiger partial charge in [0.2, 0.25) is 0 Å². The number of carboxylic acid groups (broad SMARTS) is 1. The zero-order valence-electron chi connectivity index (χ0n) is 9.09. The van der Waals surface area contributed by atoms with Gasteiger partial charge in [0.05, 0.1) is 5.56 Å². The molecule has 14 heavy (non-hydrogen) atoms. The van der Waals surface area contributed by atoms with Gasteiger partial charge in [-0.05, 0) is 42.5 Å². The van der Waals surface area contributed by atoms with Crippen LogP contribution in [-0.2, 0) is 0 Å². The summed E-state index contributed by atoms with van der Waals surface area (Å²) in [4.78, 5) is 11.0. The van der Waals surface area contributed by atoms with E-state index in [4.69, 9.17) is 5.11 Å². The fourth-order valence-electron chi connectivity index (χ4n) is 1.77. The first-order chi connectivity index (χ1) is 6.45. The third kappa shape index (κ3) is 1.79. The number of carboxylic acids is 1. The van der Waals surface area contributed by atoms with Crippen LogP contribution in [0.15, 0.2) is 12.1 Å². The molecule has 2 heteroatoms. The maximum absolute atomic E-state index is 11.0. The molecule has 0 aliphatic carbocycles. The third-order valence-corrected chi connectivity index (χ3v) is 2.59. The minimum atomic E-state index is -0.836. The number of hydrogen-bond acceptors (Lipinski definition) is 1. The number of benzene rings is 1. The predicted molar refractivity (Wildman–Crippen MR) is 57.0 cm³/mol. The Balaban J connectivity index is 3.45.